The van der Waals surface area contributed by atoms with Crippen molar-refractivity contribution in [3.63, 3.8) is 0 Å². The molecular formula is C51H37N3. The Hall–Kier alpha value is -7.10. The van der Waals surface area contributed by atoms with Crippen LogP contribution in [0.15, 0.2) is 206 Å². The molecule has 256 valence electrons. The molecule has 3 nitrogen and oxygen atoms in total. The zero-order chi connectivity index (χ0) is 36.0. The van der Waals surface area contributed by atoms with Gasteiger partial charge in [-0.3, -0.25) is 14.4 Å². The first-order valence-electron chi connectivity index (χ1n) is 18.5. The summed E-state index contributed by atoms with van der Waals surface area (Å²) in [5, 5.41) is 9.76. The smallest absolute Gasteiger partial charge is 0.127 e. The summed E-state index contributed by atoms with van der Waals surface area (Å²) in [5.41, 5.74) is 6.66. The van der Waals surface area contributed by atoms with Gasteiger partial charge in [0.05, 0.1) is 11.4 Å². The molecule has 0 spiro atoms. The molecular weight excluding hydrogens is 655 g/mol. The van der Waals surface area contributed by atoms with Crippen molar-refractivity contribution in [3.05, 3.63) is 212 Å². The number of anilines is 6. The highest BCUT2D eigenvalue weighted by Gasteiger charge is 2.29. The van der Waals surface area contributed by atoms with Crippen LogP contribution in [-0.2, 0) is 0 Å². The number of aromatic nitrogens is 1. The van der Waals surface area contributed by atoms with E-state index in [2.05, 4.69) is 228 Å². The molecule has 10 aromatic rings. The maximum absolute atomic E-state index is 2.46. The van der Waals surface area contributed by atoms with Gasteiger partial charge in [-0.15, -0.1) is 0 Å². The predicted molar refractivity (Wildman–Crippen MR) is 230 cm³/mol. The molecule has 10 rings (SSSR count). The Balaban J connectivity index is 1.33. The third-order valence-electron chi connectivity index (χ3n) is 10.6. The van der Waals surface area contributed by atoms with E-state index in [1.807, 2.05) is 0 Å². The average molecular weight is 692 g/mol. The Kier molecular flexibility index (Phi) is 7.70. The van der Waals surface area contributed by atoms with Crippen LogP contribution in [0.5, 0.6) is 0 Å². The van der Waals surface area contributed by atoms with E-state index in [0.717, 1.165) is 45.6 Å². The lowest BCUT2D eigenvalue weighted by Gasteiger charge is -2.32. The lowest BCUT2D eigenvalue weighted by atomic mass is 9.99. The van der Waals surface area contributed by atoms with Gasteiger partial charge in [0, 0.05) is 27.8 Å². The van der Waals surface area contributed by atoms with E-state index >= 15 is 0 Å². The fourth-order valence-electron chi connectivity index (χ4n) is 8.24. The normalized spacial score (nSPS) is 11.4. The molecule has 0 aliphatic heterocycles. The minimum atomic E-state index is 1.05. The molecule has 1 heterocycles. The van der Waals surface area contributed by atoms with Crippen molar-refractivity contribution in [1.82, 2.24) is 4.57 Å². The average Bonchev–Trinajstić information content (AvgIpc) is 3.57. The van der Waals surface area contributed by atoms with Crippen molar-refractivity contribution < 1.29 is 0 Å². The molecule has 0 bridgehead atoms. The number of para-hydroxylation sites is 3. The van der Waals surface area contributed by atoms with E-state index in [0.29, 0.717) is 0 Å². The predicted octanol–water partition coefficient (Wildman–Crippen LogP) is 14.3. The Morgan fingerprint density at radius 1 is 0.352 bits per heavy atom. The highest BCUT2D eigenvalue weighted by molar-refractivity contribution is 6.16. The van der Waals surface area contributed by atoms with E-state index in [9.17, 15) is 0 Å². The van der Waals surface area contributed by atoms with Gasteiger partial charge in [0.2, 0.25) is 0 Å². The summed E-state index contributed by atoms with van der Waals surface area (Å²) in [5.74, 6) is 2.13. The Bertz CT molecular complexity index is 2950. The van der Waals surface area contributed by atoms with Crippen LogP contribution in [-0.4, -0.2) is 4.57 Å². The monoisotopic (exact) mass is 691 g/mol. The molecule has 0 aliphatic carbocycles. The maximum atomic E-state index is 2.46. The number of hydrogen-bond acceptors (Lipinski definition) is 2. The molecule has 0 fully saturated rings. The fraction of sp³-hybridized carbons (Fsp3) is 0.0196. The summed E-state index contributed by atoms with van der Waals surface area (Å²) in [6.45, 7) is 2.25. The number of benzene rings is 9. The van der Waals surface area contributed by atoms with Crippen molar-refractivity contribution in [3.8, 4) is 5.69 Å². The molecule has 54 heavy (non-hydrogen) atoms. The zero-order valence-corrected chi connectivity index (χ0v) is 30.0. The third kappa shape index (κ3) is 5.21. The first kappa shape index (κ1) is 31.6. The summed E-state index contributed by atoms with van der Waals surface area (Å²) in [6, 6.07) is 74.5. The van der Waals surface area contributed by atoms with Gasteiger partial charge in [-0.2, -0.15) is 0 Å². The van der Waals surface area contributed by atoms with Crippen LogP contribution in [0.2, 0.25) is 0 Å². The molecule has 0 amide bonds. The van der Waals surface area contributed by atoms with Crippen molar-refractivity contribution >= 4 is 77.5 Å². The Morgan fingerprint density at radius 2 is 0.741 bits per heavy atom. The van der Waals surface area contributed by atoms with Crippen LogP contribution in [0.25, 0.3) is 48.8 Å². The number of nitrogens with zero attached hydrogens (tertiary/aromatic N) is 3. The number of aryl methyl sites for hydroxylation is 1. The Morgan fingerprint density at radius 3 is 1.26 bits per heavy atom. The standard InChI is InChI=1S/C51H37N3/c1-36-33-50(52(39-21-5-2-6-22-39)48-34-37-19-11-13-27-42(37)44-29-15-17-31-46(44)48)54(41-25-9-4-10-26-41)51(36)53(40-23-7-3-8-24-40)49-35-38-20-12-14-28-43(38)45-30-16-18-32-47(45)49/h2-35H,1H3. The van der Waals surface area contributed by atoms with Crippen molar-refractivity contribution in [2.75, 3.05) is 9.80 Å². The minimum Gasteiger partial charge on any atom is -0.295 e. The second-order valence-electron chi connectivity index (χ2n) is 13.8. The Labute approximate surface area is 315 Å². The molecule has 0 saturated carbocycles. The molecule has 3 heteroatoms. The van der Waals surface area contributed by atoms with Crippen LogP contribution in [0.1, 0.15) is 5.56 Å². The molecule has 1 aromatic heterocycles. The summed E-state index contributed by atoms with van der Waals surface area (Å²) >= 11 is 0. The van der Waals surface area contributed by atoms with Gasteiger partial charge in [0.15, 0.2) is 0 Å². The van der Waals surface area contributed by atoms with Gasteiger partial charge in [0.1, 0.15) is 11.6 Å². The molecule has 0 aliphatic rings. The van der Waals surface area contributed by atoms with E-state index in [4.69, 9.17) is 0 Å². The summed E-state index contributed by atoms with van der Waals surface area (Å²) in [4.78, 5) is 4.90. The van der Waals surface area contributed by atoms with Gasteiger partial charge in [-0.05, 0) is 99.4 Å². The van der Waals surface area contributed by atoms with Gasteiger partial charge < -0.3 is 0 Å². The zero-order valence-electron chi connectivity index (χ0n) is 30.0. The maximum Gasteiger partial charge on any atom is 0.127 e. The molecule has 0 N–H and O–H groups in total. The second-order valence-corrected chi connectivity index (χ2v) is 13.8. The first-order chi connectivity index (χ1) is 26.7. The van der Waals surface area contributed by atoms with E-state index < -0.39 is 0 Å². The van der Waals surface area contributed by atoms with Gasteiger partial charge >= 0.3 is 0 Å². The van der Waals surface area contributed by atoms with Gasteiger partial charge in [-0.1, -0.05) is 152 Å². The van der Waals surface area contributed by atoms with Crippen LogP contribution in [0.4, 0.5) is 34.4 Å². The van der Waals surface area contributed by atoms with Crippen molar-refractivity contribution in [2.24, 2.45) is 0 Å². The molecule has 0 atom stereocenters. The van der Waals surface area contributed by atoms with E-state index in [1.165, 1.54) is 43.1 Å². The lowest BCUT2D eigenvalue weighted by Crippen LogP contribution is -2.19. The lowest BCUT2D eigenvalue weighted by molar-refractivity contribution is 1.01. The van der Waals surface area contributed by atoms with Crippen molar-refractivity contribution in [2.45, 2.75) is 6.92 Å². The highest BCUT2D eigenvalue weighted by Crippen LogP contribution is 2.49. The van der Waals surface area contributed by atoms with Crippen LogP contribution in [0.3, 0.4) is 0 Å². The number of fused-ring (bicyclic) bond motifs is 6. The molecule has 0 saturated heterocycles. The SMILES string of the molecule is Cc1cc(N(c2ccccc2)c2cc3ccccc3c3ccccc23)n(-c2ccccc2)c1N(c1ccccc1)c1cc2ccccc2c2ccccc12. The van der Waals surface area contributed by atoms with Crippen LogP contribution >= 0.6 is 0 Å². The third-order valence-corrected chi connectivity index (χ3v) is 10.6. The summed E-state index contributed by atoms with van der Waals surface area (Å²) in [6.07, 6.45) is 0. The van der Waals surface area contributed by atoms with Gasteiger partial charge in [0.25, 0.3) is 0 Å². The van der Waals surface area contributed by atoms with Crippen LogP contribution in [0, 0.1) is 6.92 Å². The largest absolute Gasteiger partial charge is 0.295 e. The minimum absolute atomic E-state index is 1.05. The number of rotatable bonds is 7. The molecule has 0 radical (unpaired) electrons. The fourth-order valence-corrected chi connectivity index (χ4v) is 8.24. The van der Waals surface area contributed by atoms with Crippen LogP contribution < -0.4 is 9.80 Å². The number of hydrogen-bond donors (Lipinski definition) is 0. The second kappa shape index (κ2) is 13.1. The van der Waals surface area contributed by atoms with E-state index in [1.54, 1.807) is 0 Å². The topological polar surface area (TPSA) is 11.4 Å². The van der Waals surface area contributed by atoms with E-state index in [-0.39, 0.29) is 0 Å². The summed E-state index contributed by atoms with van der Waals surface area (Å²) in [7, 11) is 0. The van der Waals surface area contributed by atoms with Gasteiger partial charge in [-0.25, -0.2) is 0 Å². The quantitative estimate of drug-likeness (QED) is 0.154. The summed E-state index contributed by atoms with van der Waals surface area (Å²) < 4.78 is 2.45. The highest BCUT2D eigenvalue weighted by atomic mass is 15.3. The molecule has 0 unspecified atom stereocenters. The van der Waals surface area contributed by atoms with Crippen molar-refractivity contribution in [1.29, 1.82) is 0 Å². The molecule has 9 aromatic carbocycles. The first-order valence-corrected chi connectivity index (χ1v) is 18.5.